The molecule has 0 amide bonds. The first-order chi connectivity index (χ1) is 5.99. The van der Waals surface area contributed by atoms with Crippen molar-refractivity contribution in [3.8, 4) is 11.5 Å². The summed E-state index contributed by atoms with van der Waals surface area (Å²) in [7, 11) is 0. The zero-order valence-electron chi connectivity index (χ0n) is 7.48. The van der Waals surface area contributed by atoms with Crippen LogP contribution < -0.4 is 0 Å². The third kappa shape index (κ3) is 1.89. The van der Waals surface area contributed by atoms with Crippen molar-refractivity contribution in [1.82, 2.24) is 0 Å². The minimum Gasteiger partial charge on any atom is -0.507 e. The van der Waals surface area contributed by atoms with Gasteiger partial charge in [-0.2, -0.15) is 0 Å². The lowest BCUT2D eigenvalue weighted by molar-refractivity contribution is 0.152. The van der Waals surface area contributed by atoms with Crippen molar-refractivity contribution in [2.45, 2.75) is 11.9 Å². The molecular weight excluding hydrogens is 188 g/mol. The van der Waals surface area contributed by atoms with Gasteiger partial charge in [0.1, 0.15) is 16.4 Å². The van der Waals surface area contributed by atoms with Gasteiger partial charge in [0.05, 0.1) is 5.56 Å². The van der Waals surface area contributed by atoms with Gasteiger partial charge in [0.2, 0.25) is 0 Å². The number of rotatable bonds is 2. The smallest absolute Gasteiger partial charge is 0.140 e. The fourth-order valence-electron chi connectivity index (χ4n) is 1.11. The molecule has 1 aromatic carbocycles. The van der Waals surface area contributed by atoms with Crippen LogP contribution in [0.2, 0.25) is 0 Å². The molecule has 0 aromatic heterocycles. The molecule has 1 atom stereocenters. The van der Waals surface area contributed by atoms with Gasteiger partial charge in [0.15, 0.2) is 0 Å². The maximum absolute atomic E-state index is 9.80. The van der Waals surface area contributed by atoms with Crippen molar-refractivity contribution in [3.63, 3.8) is 0 Å². The predicted octanol–water partition coefficient (Wildman–Crippen LogP) is 1.63. The van der Waals surface area contributed by atoms with Gasteiger partial charge in [-0.1, -0.05) is 6.07 Å². The van der Waals surface area contributed by atoms with Crippen LogP contribution in [0, 0.1) is 0 Å². The van der Waals surface area contributed by atoms with Crippen LogP contribution in [0.1, 0.15) is 12.5 Å². The van der Waals surface area contributed by atoms with Crippen LogP contribution in [-0.4, -0.2) is 21.6 Å². The highest BCUT2D eigenvalue weighted by molar-refractivity contribution is 7.99. The molecule has 0 aliphatic heterocycles. The Morgan fingerprint density at radius 1 is 1.23 bits per heavy atom. The fraction of sp³-hybridized carbons (Fsp3) is 0.333. The van der Waals surface area contributed by atoms with Gasteiger partial charge < -0.3 is 15.3 Å². The Morgan fingerprint density at radius 3 is 2.08 bits per heavy atom. The van der Waals surface area contributed by atoms with Crippen LogP contribution in [0.3, 0.4) is 0 Å². The average Bonchev–Trinajstić information content (AvgIpc) is 2.03. The highest BCUT2D eigenvalue weighted by Gasteiger charge is 2.28. The fourth-order valence-corrected chi connectivity index (χ4v) is 1.52. The summed E-state index contributed by atoms with van der Waals surface area (Å²) in [4.78, 5) is -1.27. The Kier molecular flexibility index (Phi) is 2.73. The Balaban J connectivity index is 3.28. The van der Waals surface area contributed by atoms with Gasteiger partial charge >= 0.3 is 0 Å². The Hall–Kier alpha value is -0.870. The SMILES string of the molecule is CSC(C)(O)c1c(O)cccc1O. The number of hydrogen-bond donors (Lipinski definition) is 3. The van der Waals surface area contributed by atoms with E-state index < -0.39 is 4.93 Å². The van der Waals surface area contributed by atoms with Gasteiger partial charge in [0.25, 0.3) is 0 Å². The molecule has 0 saturated heterocycles. The third-order valence-corrected chi connectivity index (χ3v) is 2.88. The molecule has 0 heterocycles. The van der Waals surface area contributed by atoms with Crippen molar-refractivity contribution in [1.29, 1.82) is 0 Å². The Bertz CT molecular complexity index is 289. The van der Waals surface area contributed by atoms with E-state index in [1.54, 1.807) is 6.26 Å². The quantitative estimate of drug-likeness (QED) is 0.635. The number of aliphatic hydroxyl groups is 1. The van der Waals surface area contributed by atoms with Gasteiger partial charge in [-0.25, -0.2) is 0 Å². The lowest BCUT2D eigenvalue weighted by Crippen LogP contribution is -2.15. The maximum atomic E-state index is 9.80. The first-order valence-corrected chi connectivity index (χ1v) is 5.00. The maximum Gasteiger partial charge on any atom is 0.140 e. The molecule has 0 fully saturated rings. The molecule has 0 bridgehead atoms. The largest absolute Gasteiger partial charge is 0.507 e. The molecule has 1 unspecified atom stereocenters. The topological polar surface area (TPSA) is 60.7 Å². The summed E-state index contributed by atoms with van der Waals surface area (Å²) < 4.78 is 0. The summed E-state index contributed by atoms with van der Waals surface area (Å²) in [6.07, 6.45) is 1.70. The van der Waals surface area contributed by atoms with Crippen molar-refractivity contribution in [3.05, 3.63) is 23.8 Å². The number of aromatic hydroxyl groups is 2. The van der Waals surface area contributed by atoms with Crippen LogP contribution in [-0.2, 0) is 4.93 Å². The summed E-state index contributed by atoms with van der Waals surface area (Å²) in [5.74, 6) is -0.196. The average molecular weight is 200 g/mol. The van der Waals surface area contributed by atoms with E-state index >= 15 is 0 Å². The molecule has 13 heavy (non-hydrogen) atoms. The molecule has 0 aliphatic carbocycles. The molecule has 1 aromatic rings. The monoisotopic (exact) mass is 200 g/mol. The van der Waals surface area contributed by atoms with E-state index in [9.17, 15) is 15.3 Å². The number of benzene rings is 1. The second-order valence-corrected chi connectivity index (χ2v) is 4.06. The van der Waals surface area contributed by atoms with Crippen LogP contribution >= 0.6 is 11.8 Å². The van der Waals surface area contributed by atoms with E-state index in [1.165, 1.54) is 25.1 Å². The third-order valence-electron chi connectivity index (χ3n) is 1.88. The van der Waals surface area contributed by atoms with Crippen molar-refractivity contribution >= 4 is 11.8 Å². The summed E-state index contributed by atoms with van der Waals surface area (Å²) in [6.45, 7) is 1.52. The number of thioether (sulfide) groups is 1. The summed E-state index contributed by atoms with van der Waals surface area (Å²) in [5, 5.41) is 28.6. The number of phenols is 2. The highest BCUT2D eigenvalue weighted by atomic mass is 32.2. The first-order valence-electron chi connectivity index (χ1n) is 3.78. The van der Waals surface area contributed by atoms with Gasteiger partial charge in [-0.05, 0) is 25.3 Å². The lowest BCUT2D eigenvalue weighted by Gasteiger charge is -2.22. The molecule has 3 N–H and O–H groups in total. The highest BCUT2D eigenvalue weighted by Crippen LogP contribution is 2.41. The van der Waals surface area contributed by atoms with E-state index in [4.69, 9.17) is 0 Å². The molecule has 3 nitrogen and oxygen atoms in total. The van der Waals surface area contributed by atoms with Gasteiger partial charge in [-0.15, -0.1) is 11.8 Å². The molecule has 72 valence electrons. The molecule has 0 aliphatic rings. The van der Waals surface area contributed by atoms with E-state index in [0.717, 1.165) is 11.8 Å². The zero-order valence-corrected chi connectivity index (χ0v) is 8.30. The molecule has 0 radical (unpaired) electrons. The second kappa shape index (κ2) is 3.47. The van der Waals surface area contributed by atoms with Gasteiger partial charge in [0, 0.05) is 0 Å². The minimum atomic E-state index is -1.27. The summed E-state index contributed by atoms with van der Waals surface area (Å²) in [6, 6.07) is 4.38. The number of hydrogen-bond acceptors (Lipinski definition) is 4. The van der Waals surface area contributed by atoms with Crippen LogP contribution in [0.5, 0.6) is 11.5 Å². The lowest BCUT2D eigenvalue weighted by atomic mass is 10.1. The van der Waals surface area contributed by atoms with Crippen LogP contribution in [0.4, 0.5) is 0 Å². The van der Waals surface area contributed by atoms with Crippen LogP contribution in [0.25, 0.3) is 0 Å². The van der Waals surface area contributed by atoms with Crippen LogP contribution in [0.15, 0.2) is 18.2 Å². The normalized spacial score (nSPS) is 15.3. The molecule has 4 heteroatoms. The summed E-state index contributed by atoms with van der Waals surface area (Å²) >= 11 is 1.14. The molecule has 0 spiro atoms. The number of phenolic OH excluding ortho intramolecular Hbond substituents is 2. The molecule has 0 saturated carbocycles. The minimum absolute atomic E-state index is 0.0978. The van der Waals surface area contributed by atoms with E-state index in [-0.39, 0.29) is 17.1 Å². The Labute approximate surface area is 81.0 Å². The van der Waals surface area contributed by atoms with Gasteiger partial charge in [-0.3, -0.25) is 0 Å². The van der Waals surface area contributed by atoms with Crippen molar-refractivity contribution in [2.75, 3.05) is 6.26 Å². The molecular formula is C9H12O3S. The van der Waals surface area contributed by atoms with E-state index in [0.29, 0.717) is 0 Å². The first kappa shape index (κ1) is 10.2. The van der Waals surface area contributed by atoms with Crippen molar-refractivity contribution in [2.24, 2.45) is 0 Å². The molecule has 1 rings (SSSR count). The van der Waals surface area contributed by atoms with E-state index in [1.807, 2.05) is 0 Å². The summed E-state index contributed by atoms with van der Waals surface area (Å²) in [5.41, 5.74) is 0.155. The van der Waals surface area contributed by atoms with Crippen molar-refractivity contribution < 1.29 is 15.3 Å². The second-order valence-electron chi connectivity index (χ2n) is 2.86. The zero-order chi connectivity index (χ0) is 10.1. The van der Waals surface area contributed by atoms with E-state index in [2.05, 4.69) is 0 Å². The Morgan fingerprint density at radius 2 is 1.69 bits per heavy atom. The predicted molar refractivity (Wildman–Crippen MR) is 52.9 cm³/mol. The standard InChI is InChI=1S/C9H12O3S/c1-9(12,13-2)8-6(10)4-3-5-7(8)11/h3-5,10-12H,1-2H3.